The van der Waals surface area contributed by atoms with Gasteiger partial charge in [0.1, 0.15) is 5.75 Å². The lowest BCUT2D eigenvalue weighted by Gasteiger charge is -2.17. The highest BCUT2D eigenvalue weighted by atomic mass is 32.2. The van der Waals surface area contributed by atoms with E-state index >= 15 is 0 Å². The molecule has 0 bridgehead atoms. The highest BCUT2D eigenvalue weighted by molar-refractivity contribution is 7.89. The second-order valence-electron chi connectivity index (χ2n) is 6.29. The molecule has 1 unspecified atom stereocenters. The first-order valence-electron chi connectivity index (χ1n) is 8.70. The summed E-state index contributed by atoms with van der Waals surface area (Å²) >= 11 is 0. The third kappa shape index (κ3) is 6.20. The Bertz CT molecular complexity index is 974. The minimum atomic E-state index is -4.78. The van der Waals surface area contributed by atoms with Gasteiger partial charge in [-0.25, -0.2) is 13.1 Å². The van der Waals surface area contributed by atoms with Crippen LogP contribution in [0.4, 0.5) is 13.2 Å². The average molecular weight is 430 g/mol. The third-order valence-electron chi connectivity index (χ3n) is 4.06. The van der Waals surface area contributed by atoms with Crippen LogP contribution in [-0.4, -0.2) is 27.2 Å². The Balaban J connectivity index is 2.17. The zero-order valence-electron chi connectivity index (χ0n) is 16.0. The maximum atomic E-state index is 12.6. The molecular formula is C19H21F3N2O4S. The van der Waals surface area contributed by atoms with Crippen molar-refractivity contribution in [1.82, 2.24) is 10.0 Å². The van der Waals surface area contributed by atoms with E-state index in [1.165, 1.54) is 30.3 Å². The summed E-state index contributed by atoms with van der Waals surface area (Å²) in [5.41, 5.74) is 1.33. The average Bonchev–Trinajstić information content (AvgIpc) is 2.61. The van der Waals surface area contributed by atoms with E-state index in [4.69, 9.17) is 0 Å². The Morgan fingerprint density at radius 1 is 1.14 bits per heavy atom. The number of benzene rings is 2. The third-order valence-corrected chi connectivity index (χ3v) is 5.60. The number of sulfonamides is 1. The topological polar surface area (TPSA) is 84.5 Å². The molecule has 158 valence electrons. The molecule has 10 heteroatoms. The fourth-order valence-corrected chi connectivity index (χ4v) is 3.67. The van der Waals surface area contributed by atoms with E-state index in [2.05, 4.69) is 14.8 Å². The smallest absolute Gasteiger partial charge is 0.406 e. The lowest BCUT2D eigenvalue weighted by Crippen LogP contribution is -2.28. The molecular weight excluding hydrogens is 409 g/mol. The summed E-state index contributed by atoms with van der Waals surface area (Å²) in [5, 5.41) is 2.71. The molecule has 0 saturated heterocycles. The van der Waals surface area contributed by atoms with Crippen LogP contribution in [-0.2, 0) is 10.0 Å². The number of amides is 1. The van der Waals surface area contributed by atoms with Crippen LogP contribution >= 0.6 is 0 Å². The van der Waals surface area contributed by atoms with Crippen molar-refractivity contribution < 1.29 is 31.1 Å². The highest BCUT2D eigenvalue weighted by Crippen LogP contribution is 2.25. The van der Waals surface area contributed by atoms with Crippen LogP contribution in [0.2, 0.25) is 0 Å². The van der Waals surface area contributed by atoms with Crippen molar-refractivity contribution in [2.24, 2.45) is 0 Å². The van der Waals surface area contributed by atoms with Crippen molar-refractivity contribution in [2.45, 2.75) is 38.1 Å². The number of carbonyl (C=O) groups is 1. The minimum Gasteiger partial charge on any atom is -0.406 e. The van der Waals surface area contributed by atoms with Gasteiger partial charge in [-0.2, -0.15) is 0 Å². The Morgan fingerprint density at radius 3 is 2.31 bits per heavy atom. The van der Waals surface area contributed by atoms with Gasteiger partial charge in [0.2, 0.25) is 10.0 Å². The van der Waals surface area contributed by atoms with Gasteiger partial charge in [-0.15, -0.1) is 13.2 Å². The maximum Gasteiger partial charge on any atom is 0.573 e. The molecule has 0 spiro atoms. The molecule has 0 aliphatic rings. The van der Waals surface area contributed by atoms with Crippen molar-refractivity contribution in [3.05, 3.63) is 59.2 Å². The Labute approximate surface area is 167 Å². The summed E-state index contributed by atoms with van der Waals surface area (Å²) in [6.45, 7) is 5.19. The van der Waals surface area contributed by atoms with Gasteiger partial charge in [-0.3, -0.25) is 4.79 Å². The number of rotatable bonds is 7. The Hall–Kier alpha value is -2.59. The molecule has 2 aromatic rings. The highest BCUT2D eigenvalue weighted by Gasteiger charge is 2.31. The summed E-state index contributed by atoms with van der Waals surface area (Å²) < 4.78 is 67.2. The van der Waals surface area contributed by atoms with E-state index in [0.29, 0.717) is 11.1 Å². The van der Waals surface area contributed by atoms with Crippen molar-refractivity contribution in [2.75, 3.05) is 6.54 Å². The van der Waals surface area contributed by atoms with E-state index in [0.717, 1.165) is 12.1 Å². The molecule has 2 rings (SSSR count). The molecule has 1 atom stereocenters. The lowest BCUT2D eigenvalue weighted by molar-refractivity contribution is -0.274. The summed E-state index contributed by atoms with van der Waals surface area (Å²) in [6, 6.07) is 8.82. The van der Waals surface area contributed by atoms with Gasteiger partial charge in [0.25, 0.3) is 5.91 Å². The standard InChI is InChI=1S/C19H21F3N2O4S/c1-4-23-29(26,27)16-10-5-12(2)17(11-16)18(25)24-13(3)14-6-8-15(9-7-14)28-19(20,21)22/h5-11,13,23H,4H2,1-3H3,(H,24,25). The van der Waals surface area contributed by atoms with E-state index < -0.39 is 28.3 Å². The van der Waals surface area contributed by atoms with Gasteiger partial charge >= 0.3 is 6.36 Å². The van der Waals surface area contributed by atoms with Crippen molar-refractivity contribution in [3.63, 3.8) is 0 Å². The van der Waals surface area contributed by atoms with Crippen molar-refractivity contribution in [1.29, 1.82) is 0 Å². The van der Waals surface area contributed by atoms with E-state index in [1.807, 2.05) is 0 Å². The van der Waals surface area contributed by atoms with Gasteiger partial charge in [0.05, 0.1) is 10.9 Å². The fourth-order valence-electron chi connectivity index (χ4n) is 2.60. The first-order chi connectivity index (χ1) is 13.4. The lowest BCUT2D eigenvalue weighted by atomic mass is 10.1. The second-order valence-corrected chi connectivity index (χ2v) is 8.06. The number of alkyl halides is 3. The number of hydrogen-bond acceptors (Lipinski definition) is 4. The maximum absolute atomic E-state index is 12.6. The molecule has 0 aromatic heterocycles. The summed E-state index contributed by atoms with van der Waals surface area (Å²) in [7, 11) is -3.72. The van der Waals surface area contributed by atoms with Crippen LogP contribution in [0, 0.1) is 6.92 Å². The molecule has 29 heavy (non-hydrogen) atoms. The molecule has 0 fully saturated rings. The van der Waals surface area contributed by atoms with Crippen molar-refractivity contribution in [3.8, 4) is 5.75 Å². The zero-order chi connectivity index (χ0) is 21.8. The summed E-state index contributed by atoms with van der Waals surface area (Å²) in [6.07, 6.45) is -4.78. The second kappa shape index (κ2) is 8.83. The molecule has 0 radical (unpaired) electrons. The van der Waals surface area contributed by atoms with Crippen molar-refractivity contribution >= 4 is 15.9 Å². The summed E-state index contributed by atoms with van der Waals surface area (Å²) in [5.74, 6) is -0.865. The van der Waals surface area contributed by atoms with E-state index in [1.54, 1.807) is 20.8 Å². The first-order valence-corrected chi connectivity index (χ1v) is 10.2. The number of hydrogen-bond donors (Lipinski definition) is 2. The molecule has 2 aromatic carbocycles. The molecule has 6 nitrogen and oxygen atoms in total. The minimum absolute atomic E-state index is 0.0311. The van der Waals surface area contributed by atoms with E-state index in [9.17, 15) is 26.4 Å². The normalized spacial score (nSPS) is 13.0. The van der Waals surface area contributed by atoms with Gasteiger partial charge in [0.15, 0.2) is 0 Å². The van der Waals surface area contributed by atoms with Crippen LogP contribution in [0.1, 0.15) is 41.4 Å². The Morgan fingerprint density at radius 2 is 1.76 bits per heavy atom. The summed E-state index contributed by atoms with van der Waals surface area (Å²) in [4.78, 5) is 12.6. The number of halogens is 3. The molecule has 1 amide bonds. The largest absolute Gasteiger partial charge is 0.573 e. The number of carbonyl (C=O) groups excluding carboxylic acids is 1. The SMILES string of the molecule is CCNS(=O)(=O)c1ccc(C)c(C(=O)NC(C)c2ccc(OC(F)(F)F)cc2)c1. The van der Waals surface area contributed by atoms with Gasteiger partial charge < -0.3 is 10.1 Å². The van der Waals surface area contributed by atoms with E-state index in [-0.39, 0.29) is 22.8 Å². The predicted molar refractivity (Wildman–Crippen MR) is 101 cm³/mol. The first kappa shape index (κ1) is 22.7. The molecule has 0 aliphatic carbocycles. The van der Waals surface area contributed by atoms with Gasteiger partial charge in [-0.1, -0.05) is 25.1 Å². The monoisotopic (exact) mass is 430 g/mol. The van der Waals surface area contributed by atoms with Crippen LogP contribution in [0.15, 0.2) is 47.4 Å². The van der Waals surface area contributed by atoms with Crippen LogP contribution < -0.4 is 14.8 Å². The number of aryl methyl sites for hydroxylation is 1. The van der Waals surface area contributed by atoms with Crippen LogP contribution in [0.25, 0.3) is 0 Å². The van der Waals surface area contributed by atoms with Gasteiger partial charge in [0, 0.05) is 12.1 Å². The van der Waals surface area contributed by atoms with Gasteiger partial charge in [-0.05, 0) is 49.2 Å². The zero-order valence-corrected chi connectivity index (χ0v) is 16.8. The fraction of sp³-hybridized carbons (Fsp3) is 0.316. The molecule has 0 saturated carbocycles. The molecule has 0 heterocycles. The molecule has 0 aliphatic heterocycles. The van der Waals surface area contributed by atoms with Crippen LogP contribution in [0.5, 0.6) is 5.75 Å². The Kier molecular flexibility index (Phi) is 6.91. The predicted octanol–water partition coefficient (Wildman–Crippen LogP) is 3.68. The molecule has 2 N–H and O–H groups in total. The number of nitrogens with one attached hydrogen (secondary N) is 2. The quantitative estimate of drug-likeness (QED) is 0.702. The van der Waals surface area contributed by atoms with Crippen LogP contribution in [0.3, 0.4) is 0 Å². The number of ether oxygens (including phenoxy) is 1.